The maximum atomic E-state index is 12.2. The minimum Gasteiger partial charge on any atom is -0.375 e. The molecule has 116 valence electrons. The lowest BCUT2D eigenvalue weighted by Gasteiger charge is -2.40. The van der Waals surface area contributed by atoms with Crippen LogP contribution in [-0.2, 0) is 14.3 Å². The minimum absolute atomic E-state index is 0.0222. The number of ether oxygens (including phenoxy) is 2. The number of carbonyl (C=O) groups excluding carboxylic acids is 1. The number of nitrogens with two attached hydrogens (primary N) is 1. The molecule has 1 amide bonds. The van der Waals surface area contributed by atoms with E-state index in [0.717, 1.165) is 45.1 Å². The molecule has 2 saturated heterocycles. The molecule has 2 aliphatic heterocycles. The van der Waals surface area contributed by atoms with Crippen LogP contribution in [0.4, 0.5) is 0 Å². The van der Waals surface area contributed by atoms with Crippen molar-refractivity contribution in [1.82, 2.24) is 5.32 Å². The number of amides is 1. The van der Waals surface area contributed by atoms with Crippen LogP contribution in [0.5, 0.6) is 0 Å². The van der Waals surface area contributed by atoms with Gasteiger partial charge in [0, 0.05) is 19.2 Å². The van der Waals surface area contributed by atoms with E-state index in [2.05, 4.69) is 19.2 Å². The fraction of sp³-hybridized carbons (Fsp3) is 0.933. The van der Waals surface area contributed by atoms with Gasteiger partial charge >= 0.3 is 0 Å². The van der Waals surface area contributed by atoms with E-state index in [-0.39, 0.29) is 29.8 Å². The third kappa shape index (κ3) is 3.51. The standard InChI is InChI=1S/C15H28N2O3/c1-3-15(4-2)9-11(7-8-19-15)17-14(18)13-6-5-12(10-16)20-13/h11-13H,3-10,16H2,1-2H3,(H,17,18). The summed E-state index contributed by atoms with van der Waals surface area (Å²) >= 11 is 0. The van der Waals surface area contributed by atoms with E-state index in [4.69, 9.17) is 15.2 Å². The van der Waals surface area contributed by atoms with Crippen molar-refractivity contribution >= 4 is 5.91 Å². The molecular formula is C15H28N2O3. The summed E-state index contributed by atoms with van der Waals surface area (Å²) in [6.07, 6.45) is 5.17. The molecule has 2 fully saturated rings. The molecule has 20 heavy (non-hydrogen) atoms. The Morgan fingerprint density at radius 1 is 1.30 bits per heavy atom. The summed E-state index contributed by atoms with van der Waals surface area (Å²) in [4.78, 5) is 12.2. The van der Waals surface area contributed by atoms with Crippen molar-refractivity contribution < 1.29 is 14.3 Å². The second-order valence-electron chi connectivity index (χ2n) is 6.00. The Labute approximate surface area is 121 Å². The highest BCUT2D eigenvalue weighted by atomic mass is 16.5. The largest absolute Gasteiger partial charge is 0.375 e. The van der Waals surface area contributed by atoms with Gasteiger partial charge in [-0.25, -0.2) is 0 Å². The lowest BCUT2D eigenvalue weighted by molar-refractivity contribution is -0.136. The Morgan fingerprint density at radius 3 is 2.65 bits per heavy atom. The van der Waals surface area contributed by atoms with E-state index in [9.17, 15) is 4.79 Å². The average Bonchev–Trinajstić information content (AvgIpc) is 2.96. The Hall–Kier alpha value is -0.650. The molecule has 2 rings (SSSR count). The predicted molar refractivity (Wildman–Crippen MR) is 77.4 cm³/mol. The summed E-state index contributed by atoms with van der Waals surface area (Å²) in [7, 11) is 0. The lowest BCUT2D eigenvalue weighted by atomic mass is 9.86. The molecule has 2 heterocycles. The van der Waals surface area contributed by atoms with E-state index >= 15 is 0 Å². The topological polar surface area (TPSA) is 73.6 Å². The van der Waals surface area contributed by atoms with Crippen molar-refractivity contribution in [3.63, 3.8) is 0 Å². The van der Waals surface area contributed by atoms with Crippen LogP contribution in [0.1, 0.15) is 52.4 Å². The van der Waals surface area contributed by atoms with Crippen LogP contribution < -0.4 is 11.1 Å². The zero-order valence-electron chi connectivity index (χ0n) is 12.7. The van der Waals surface area contributed by atoms with Gasteiger partial charge in [-0.15, -0.1) is 0 Å². The highest BCUT2D eigenvalue weighted by Crippen LogP contribution is 2.31. The molecule has 3 N–H and O–H groups in total. The van der Waals surface area contributed by atoms with Gasteiger partial charge in [0.1, 0.15) is 6.10 Å². The predicted octanol–water partition coefficient (Wildman–Crippen LogP) is 1.35. The van der Waals surface area contributed by atoms with E-state index in [1.807, 2.05) is 0 Å². The second-order valence-corrected chi connectivity index (χ2v) is 6.00. The summed E-state index contributed by atoms with van der Waals surface area (Å²) in [6, 6.07) is 0.205. The van der Waals surface area contributed by atoms with Crippen LogP contribution in [0, 0.1) is 0 Å². The first-order valence-electron chi connectivity index (χ1n) is 7.92. The minimum atomic E-state index is -0.316. The van der Waals surface area contributed by atoms with Crippen LogP contribution >= 0.6 is 0 Å². The Bertz CT molecular complexity index is 331. The van der Waals surface area contributed by atoms with Crippen molar-refractivity contribution in [3.05, 3.63) is 0 Å². The van der Waals surface area contributed by atoms with Gasteiger partial charge in [-0.05, 0) is 38.5 Å². The quantitative estimate of drug-likeness (QED) is 0.799. The fourth-order valence-corrected chi connectivity index (χ4v) is 3.26. The van der Waals surface area contributed by atoms with Crippen molar-refractivity contribution in [3.8, 4) is 0 Å². The molecule has 0 aliphatic carbocycles. The monoisotopic (exact) mass is 284 g/mol. The molecule has 0 spiro atoms. The first-order valence-corrected chi connectivity index (χ1v) is 7.92. The molecule has 2 aliphatic rings. The molecule has 0 saturated carbocycles. The highest BCUT2D eigenvalue weighted by molar-refractivity contribution is 5.81. The summed E-state index contributed by atoms with van der Waals surface area (Å²) in [6.45, 7) is 5.53. The number of hydrogen-bond acceptors (Lipinski definition) is 4. The number of rotatable bonds is 5. The molecule has 0 bridgehead atoms. The fourth-order valence-electron chi connectivity index (χ4n) is 3.26. The first kappa shape index (κ1) is 15.7. The van der Waals surface area contributed by atoms with Crippen LogP contribution in [0.15, 0.2) is 0 Å². The van der Waals surface area contributed by atoms with Gasteiger partial charge in [0.2, 0.25) is 5.91 Å². The maximum Gasteiger partial charge on any atom is 0.249 e. The zero-order valence-corrected chi connectivity index (χ0v) is 12.7. The smallest absolute Gasteiger partial charge is 0.249 e. The number of nitrogens with one attached hydrogen (secondary N) is 1. The summed E-state index contributed by atoms with van der Waals surface area (Å²) in [5.74, 6) is 0.0222. The highest BCUT2D eigenvalue weighted by Gasteiger charge is 2.37. The lowest BCUT2D eigenvalue weighted by Crippen LogP contribution is -2.50. The molecule has 0 radical (unpaired) electrons. The summed E-state index contributed by atoms with van der Waals surface area (Å²) in [5.41, 5.74) is 5.52. The van der Waals surface area contributed by atoms with Gasteiger partial charge < -0.3 is 20.5 Å². The SMILES string of the molecule is CCC1(CC)CC(NC(=O)C2CCC(CN)O2)CCO1. The van der Waals surface area contributed by atoms with E-state index in [1.165, 1.54) is 0 Å². The van der Waals surface area contributed by atoms with Crippen LogP contribution in [0.3, 0.4) is 0 Å². The third-order valence-corrected chi connectivity index (χ3v) is 4.79. The number of hydrogen-bond donors (Lipinski definition) is 2. The zero-order chi connectivity index (χ0) is 14.6. The van der Waals surface area contributed by atoms with Gasteiger partial charge in [0.25, 0.3) is 0 Å². The van der Waals surface area contributed by atoms with E-state index in [0.29, 0.717) is 6.54 Å². The molecule has 0 aromatic carbocycles. The van der Waals surface area contributed by atoms with Gasteiger partial charge in [-0.3, -0.25) is 4.79 Å². The van der Waals surface area contributed by atoms with Gasteiger partial charge in [-0.2, -0.15) is 0 Å². The van der Waals surface area contributed by atoms with Crippen molar-refractivity contribution in [2.75, 3.05) is 13.2 Å². The average molecular weight is 284 g/mol. The van der Waals surface area contributed by atoms with Crippen molar-refractivity contribution in [2.45, 2.75) is 76.2 Å². The summed E-state index contributed by atoms with van der Waals surface area (Å²) < 4.78 is 11.6. The van der Waals surface area contributed by atoms with Gasteiger partial charge in [0.15, 0.2) is 0 Å². The van der Waals surface area contributed by atoms with Crippen LogP contribution in [0.2, 0.25) is 0 Å². The molecule has 5 heteroatoms. The number of carbonyl (C=O) groups is 1. The normalized spacial score (nSPS) is 33.0. The van der Waals surface area contributed by atoms with E-state index < -0.39 is 0 Å². The molecule has 3 atom stereocenters. The Morgan fingerprint density at radius 2 is 2.05 bits per heavy atom. The van der Waals surface area contributed by atoms with E-state index in [1.54, 1.807) is 0 Å². The third-order valence-electron chi connectivity index (χ3n) is 4.79. The van der Waals surface area contributed by atoms with Crippen LogP contribution in [0.25, 0.3) is 0 Å². The van der Waals surface area contributed by atoms with Crippen molar-refractivity contribution in [1.29, 1.82) is 0 Å². The molecule has 3 unspecified atom stereocenters. The molecule has 0 aromatic heterocycles. The molecule has 0 aromatic rings. The summed E-state index contributed by atoms with van der Waals surface area (Å²) in [5, 5.41) is 3.14. The van der Waals surface area contributed by atoms with Crippen LogP contribution in [-0.4, -0.2) is 42.9 Å². The van der Waals surface area contributed by atoms with Crippen molar-refractivity contribution in [2.24, 2.45) is 5.73 Å². The van der Waals surface area contributed by atoms with Gasteiger partial charge in [0.05, 0.1) is 11.7 Å². The maximum absolute atomic E-state index is 12.2. The Balaban J connectivity index is 1.85. The molecular weight excluding hydrogens is 256 g/mol. The molecule has 5 nitrogen and oxygen atoms in total. The van der Waals surface area contributed by atoms with Gasteiger partial charge in [-0.1, -0.05) is 13.8 Å². The first-order chi connectivity index (χ1) is 9.62. The Kier molecular flexibility index (Phi) is 5.41. The second kappa shape index (κ2) is 6.87.